The van der Waals surface area contributed by atoms with Crippen LogP contribution in [0.25, 0.3) is 5.65 Å². The van der Waals surface area contributed by atoms with Crippen LogP contribution in [-0.2, 0) is 5.41 Å². The van der Waals surface area contributed by atoms with E-state index in [0.29, 0.717) is 37.5 Å². The topological polar surface area (TPSA) is 92.6 Å². The number of aromatic amines is 1. The van der Waals surface area contributed by atoms with Crippen molar-refractivity contribution in [2.45, 2.75) is 18.3 Å². The maximum Gasteiger partial charge on any atom is 0.270 e. The molecule has 0 unspecified atom stereocenters. The molecule has 1 saturated heterocycles. The fourth-order valence-electron chi connectivity index (χ4n) is 4.49. The molecule has 1 aliphatic rings. The van der Waals surface area contributed by atoms with E-state index in [-0.39, 0.29) is 16.9 Å². The summed E-state index contributed by atoms with van der Waals surface area (Å²) in [5.74, 6) is 0.359. The average molecular weight is 429 g/mol. The van der Waals surface area contributed by atoms with Crippen molar-refractivity contribution >= 4 is 11.6 Å². The van der Waals surface area contributed by atoms with Gasteiger partial charge >= 0.3 is 0 Å². The number of hydrogen-bond acceptors (Lipinski definition) is 5. The molecule has 3 aromatic heterocycles. The zero-order valence-electron chi connectivity index (χ0n) is 17.7. The van der Waals surface area contributed by atoms with E-state index in [2.05, 4.69) is 22.2 Å². The van der Waals surface area contributed by atoms with Gasteiger partial charge in [0.2, 0.25) is 11.4 Å². The van der Waals surface area contributed by atoms with Crippen molar-refractivity contribution in [1.82, 2.24) is 24.5 Å². The monoisotopic (exact) mass is 429 g/mol. The highest BCUT2D eigenvalue weighted by Crippen LogP contribution is 2.41. The van der Waals surface area contributed by atoms with E-state index in [0.717, 1.165) is 16.9 Å². The Morgan fingerprint density at radius 1 is 1.03 bits per heavy atom. The Labute approximate surface area is 184 Å². The Balaban J connectivity index is 1.50. The molecule has 1 fully saturated rings. The molecule has 0 bridgehead atoms. The third-order valence-electron chi connectivity index (χ3n) is 6.22. The van der Waals surface area contributed by atoms with Gasteiger partial charge in [-0.2, -0.15) is 0 Å². The van der Waals surface area contributed by atoms with E-state index in [4.69, 9.17) is 9.72 Å². The fraction of sp³-hybridized carbons (Fsp3) is 0.250. The number of rotatable bonds is 4. The van der Waals surface area contributed by atoms with Crippen LogP contribution < -0.4 is 10.3 Å². The average Bonchev–Trinajstić information content (AvgIpc) is 3.28. The van der Waals surface area contributed by atoms with Crippen LogP contribution >= 0.6 is 0 Å². The molecule has 0 spiro atoms. The lowest BCUT2D eigenvalue weighted by Crippen LogP contribution is -2.46. The number of benzene rings is 1. The molecule has 0 radical (unpaired) electrons. The van der Waals surface area contributed by atoms with Crippen LogP contribution in [0, 0.1) is 0 Å². The van der Waals surface area contributed by atoms with Gasteiger partial charge in [-0.1, -0.05) is 36.4 Å². The fourth-order valence-corrected chi connectivity index (χ4v) is 4.49. The number of hydrogen-bond donors (Lipinski definition) is 1. The summed E-state index contributed by atoms with van der Waals surface area (Å²) in [5.41, 5.74) is 2.52. The van der Waals surface area contributed by atoms with Crippen LogP contribution in [0.4, 0.5) is 0 Å². The van der Waals surface area contributed by atoms with Crippen LogP contribution in [0.1, 0.15) is 34.6 Å². The van der Waals surface area contributed by atoms with Gasteiger partial charge in [0.25, 0.3) is 5.91 Å². The number of H-pyrrole nitrogens is 1. The number of nitrogens with one attached hydrogen (secondary N) is 1. The number of methoxy groups -OCH3 is 1. The van der Waals surface area contributed by atoms with E-state index in [1.54, 1.807) is 34.7 Å². The smallest absolute Gasteiger partial charge is 0.270 e. The molecule has 1 amide bonds. The highest BCUT2D eigenvalue weighted by atomic mass is 16.5. The van der Waals surface area contributed by atoms with E-state index in [1.807, 2.05) is 30.5 Å². The molecule has 1 aromatic carbocycles. The van der Waals surface area contributed by atoms with Crippen LogP contribution in [0.3, 0.4) is 0 Å². The summed E-state index contributed by atoms with van der Waals surface area (Å²) in [4.78, 5) is 33.9. The number of piperidine rings is 1. The Hall–Kier alpha value is -3.94. The lowest BCUT2D eigenvalue weighted by Gasteiger charge is -2.41. The van der Waals surface area contributed by atoms with Gasteiger partial charge < -0.3 is 14.6 Å². The van der Waals surface area contributed by atoms with Crippen molar-refractivity contribution in [3.05, 3.63) is 94.2 Å². The molecule has 1 aliphatic heterocycles. The summed E-state index contributed by atoms with van der Waals surface area (Å²) in [7, 11) is 1.59. The van der Waals surface area contributed by atoms with Gasteiger partial charge in [-0.05, 0) is 30.5 Å². The molecule has 4 aromatic rings. The van der Waals surface area contributed by atoms with Crippen molar-refractivity contribution in [2.75, 3.05) is 20.2 Å². The quantitative estimate of drug-likeness (QED) is 0.538. The Morgan fingerprint density at radius 2 is 1.81 bits per heavy atom. The number of pyridine rings is 1. The Bertz CT molecular complexity index is 1320. The van der Waals surface area contributed by atoms with Gasteiger partial charge in [0.1, 0.15) is 5.69 Å². The molecule has 8 nitrogen and oxygen atoms in total. The first-order valence-corrected chi connectivity index (χ1v) is 10.5. The SMILES string of the molecule is COc1ccc2nc(C3(c4ccccc4)CCN(C(=O)c4cccc(=O)[nH]4)CC3)cn2n1. The van der Waals surface area contributed by atoms with Crippen molar-refractivity contribution in [3.8, 4) is 5.88 Å². The van der Waals surface area contributed by atoms with Crippen LogP contribution in [-0.4, -0.2) is 50.6 Å². The highest BCUT2D eigenvalue weighted by molar-refractivity contribution is 5.92. The molecular weight excluding hydrogens is 406 g/mol. The minimum atomic E-state index is -0.344. The normalized spacial score (nSPS) is 15.6. The summed E-state index contributed by atoms with van der Waals surface area (Å²) in [6, 6.07) is 18.6. The first kappa shape index (κ1) is 20.0. The second-order valence-corrected chi connectivity index (χ2v) is 7.97. The third kappa shape index (κ3) is 3.43. The van der Waals surface area contributed by atoms with Gasteiger partial charge in [-0.25, -0.2) is 9.50 Å². The molecule has 0 saturated carbocycles. The molecular formula is C24H23N5O3. The van der Waals surface area contributed by atoms with Crippen molar-refractivity contribution < 1.29 is 9.53 Å². The number of ether oxygens (including phenoxy) is 1. The van der Waals surface area contributed by atoms with Gasteiger partial charge in [-0.15, -0.1) is 5.10 Å². The number of carbonyl (C=O) groups is 1. The zero-order chi connectivity index (χ0) is 22.1. The van der Waals surface area contributed by atoms with E-state index in [1.165, 1.54) is 6.07 Å². The molecule has 4 heterocycles. The second-order valence-electron chi connectivity index (χ2n) is 7.97. The summed E-state index contributed by atoms with van der Waals surface area (Å²) in [5, 5.41) is 4.46. The minimum Gasteiger partial charge on any atom is -0.480 e. The van der Waals surface area contributed by atoms with E-state index < -0.39 is 0 Å². The molecule has 1 N–H and O–H groups in total. The molecule has 162 valence electrons. The number of imidazole rings is 1. The first-order valence-electron chi connectivity index (χ1n) is 10.5. The van der Waals surface area contributed by atoms with Gasteiger partial charge in [0, 0.05) is 30.6 Å². The van der Waals surface area contributed by atoms with E-state index in [9.17, 15) is 9.59 Å². The van der Waals surface area contributed by atoms with E-state index >= 15 is 0 Å². The number of aromatic nitrogens is 4. The summed E-state index contributed by atoms with van der Waals surface area (Å²) in [6.45, 7) is 1.10. The predicted molar refractivity (Wildman–Crippen MR) is 119 cm³/mol. The standard InChI is InChI=1S/C24H23N5O3/c1-32-22-11-10-20-26-19(16-29(20)27-22)24(17-6-3-2-4-7-17)12-14-28(15-13-24)23(31)18-8-5-9-21(30)25-18/h2-11,16H,12-15H2,1H3,(H,25,30). The van der Waals surface area contributed by atoms with Gasteiger partial charge in [0.05, 0.1) is 19.0 Å². The Kier molecular flexibility index (Phi) is 4.97. The number of amides is 1. The largest absolute Gasteiger partial charge is 0.480 e. The maximum absolute atomic E-state index is 13.0. The third-order valence-corrected chi connectivity index (χ3v) is 6.22. The molecule has 5 rings (SSSR count). The lowest BCUT2D eigenvalue weighted by atomic mass is 9.70. The summed E-state index contributed by atoms with van der Waals surface area (Å²) < 4.78 is 6.99. The highest BCUT2D eigenvalue weighted by Gasteiger charge is 2.41. The number of carbonyl (C=O) groups excluding carboxylic acids is 1. The number of fused-ring (bicyclic) bond motifs is 1. The lowest BCUT2D eigenvalue weighted by molar-refractivity contribution is 0.0678. The maximum atomic E-state index is 13.0. The number of likely N-dealkylation sites (tertiary alicyclic amines) is 1. The molecule has 0 atom stereocenters. The van der Waals surface area contributed by atoms with Gasteiger partial charge in [-0.3, -0.25) is 9.59 Å². The van der Waals surface area contributed by atoms with Crippen molar-refractivity contribution in [1.29, 1.82) is 0 Å². The number of nitrogens with zero attached hydrogens (tertiary/aromatic N) is 4. The summed E-state index contributed by atoms with van der Waals surface area (Å²) in [6.07, 6.45) is 3.37. The molecule has 8 heteroatoms. The van der Waals surface area contributed by atoms with Crippen LogP contribution in [0.15, 0.2) is 71.7 Å². The van der Waals surface area contributed by atoms with Crippen LogP contribution in [0.2, 0.25) is 0 Å². The predicted octanol–water partition coefficient (Wildman–Crippen LogP) is 2.65. The molecule has 32 heavy (non-hydrogen) atoms. The second kappa shape index (κ2) is 7.96. The zero-order valence-corrected chi connectivity index (χ0v) is 17.7. The minimum absolute atomic E-state index is 0.161. The van der Waals surface area contributed by atoms with Gasteiger partial charge in [0.15, 0.2) is 5.65 Å². The Morgan fingerprint density at radius 3 is 2.53 bits per heavy atom. The van der Waals surface area contributed by atoms with Crippen LogP contribution in [0.5, 0.6) is 5.88 Å². The molecule has 0 aliphatic carbocycles. The first-order chi connectivity index (χ1) is 15.6. The summed E-state index contributed by atoms with van der Waals surface area (Å²) >= 11 is 0. The van der Waals surface area contributed by atoms with Crippen molar-refractivity contribution in [2.24, 2.45) is 0 Å². The van der Waals surface area contributed by atoms with Crippen molar-refractivity contribution in [3.63, 3.8) is 0 Å².